The molecule has 1 unspecified atom stereocenters. The molecule has 0 amide bonds. The van der Waals surface area contributed by atoms with Gasteiger partial charge >= 0.3 is 0 Å². The smallest absolute Gasteiger partial charge is 0.227 e. The summed E-state index contributed by atoms with van der Waals surface area (Å²) in [4.78, 5) is 17.0. The van der Waals surface area contributed by atoms with Gasteiger partial charge in [-0.1, -0.05) is 13.8 Å². The van der Waals surface area contributed by atoms with Crippen molar-refractivity contribution in [3.63, 3.8) is 0 Å². The predicted octanol–water partition coefficient (Wildman–Crippen LogP) is 2.70. The molecule has 0 N–H and O–H groups in total. The van der Waals surface area contributed by atoms with Crippen LogP contribution in [0.1, 0.15) is 45.2 Å². The van der Waals surface area contributed by atoms with Crippen LogP contribution in [0.5, 0.6) is 0 Å². The Hall–Kier alpha value is -1.36. The number of nitrogens with zero attached hydrogens (tertiary/aromatic N) is 5. The molecular formula is C18H31N5. The molecule has 2 saturated heterocycles. The van der Waals surface area contributed by atoms with E-state index in [1.807, 2.05) is 0 Å². The first kappa shape index (κ1) is 16.5. The van der Waals surface area contributed by atoms with E-state index in [0.717, 1.165) is 56.7 Å². The molecule has 0 spiro atoms. The number of rotatable bonds is 4. The number of piperidine rings is 1. The lowest BCUT2D eigenvalue weighted by atomic mass is 10.00. The van der Waals surface area contributed by atoms with Gasteiger partial charge in [-0.25, -0.2) is 4.98 Å². The summed E-state index contributed by atoms with van der Waals surface area (Å²) in [5.74, 6) is 2.06. The van der Waals surface area contributed by atoms with Crippen molar-refractivity contribution in [2.45, 2.75) is 52.5 Å². The molecule has 1 aromatic heterocycles. The van der Waals surface area contributed by atoms with E-state index in [-0.39, 0.29) is 0 Å². The highest BCUT2D eigenvalue weighted by Crippen LogP contribution is 2.27. The summed E-state index contributed by atoms with van der Waals surface area (Å²) in [5, 5.41) is 0. The fraction of sp³-hybridized carbons (Fsp3) is 0.778. The standard InChI is InChI=1S/C18H31N5/c1-4-16-8-6-7-9-23(16)17-14-15(3)19-18(20-17)22-12-10-21(5-2)11-13-22/h14,16H,4-13H2,1-3H3. The summed E-state index contributed by atoms with van der Waals surface area (Å²) >= 11 is 0. The normalized spacial score (nSPS) is 23.3. The lowest BCUT2D eigenvalue weighted by molar-refractivity contribution is 0.270. The van der Waals surface area contributed by atoms with Crippen molar-refractivity contribution in [3.8, 4) is 0 Å². The maximum atomic E-state index is 4.95. The van der Waals surface area contributed by atoms with Crippen LogP contribution in [0, 0.1) is 6.92 Å². The van der Waals surface area contributed by atoms with Gasteiger partial charge in [-0.05, 0) is 39.2 Å². The van der Waals surface area contributed by atoms with E-state index in [4.69, 9.17) is 9.97 Å². The minimum Gasteiger partial charge on any atom is -0.353 e. The first-order valence-corrected chi connectivity index (χ1v) is 9.31. The van der Waals surface area contributed by atoms with Crippen LogP contribution < -0.4 is 9.80 Å². The van der Waals surface area contributed by atoms with Crippen molar-refractivity contribution in [2.24, 2.45) is 0 Å². The quantitative estimate of drug-likeness (QED) is 0.853. The average Bonchev–Trinajstić information content (AvgIpc) is 2.61. The van der Waals surface area contributed by atoms with Gasteiger partial charge < -0.3 is 14.7 Å². The first-order chi connectivity index (χ1) is 11.2. The van der Waals surface area contributed by atoms with Gasteiger partial charge in [0, 0.05) is 50.5 Å². The first-order valence-electron chi connectivity index (χ1n) is 9.31. The zero-order valence-electron chi connectivity index (χ0n) is 15.0. The summed E-state index contributed by atoms with van der Waals surface area (Å²) in [5.41, 5.74) is 1.09. The van der Waals surface area contributed by atoms with Gasteiger partial charge in [-0.15, -0.1) is 0 Å². The average molecular weight is 317 g/mol. The Bertz CT molecular complexity index is 510. The number of aryl methyl sites for hydroxylation is 1. The maximum Gasteiger partial charge on any atom is 0.227 e. The van der Waals surface area contributed by atoms with E-state index in [1.165, 1.54) is 25.7 Å². The minimum atomic E-state index is 0.642. The highest BCUT2D eigenvalue weighted by molar-refractivity contribution is 5.47. The second kappa shape index (κ2) is 7.47. The topological polar surface area (TPSA) is 35.5 Å². The SMILES string of the molecule is CCC1CCCCN1c1cc(C)nc(N2CCN(CC)CC2)n1. The van der Waals surface area contributed by atoms with Crippen LogP contribution in [0.4, 0.5) is 11.8 Å². The van der Waals surface area contributed by atoms with Crippen molar-refractivity contribution >= 4 is 11.8 Å². The summed E-state index contributed by atoms with van der Waals surface area (Å²) in [6.07, 6.45) is 5.13. The largest absolute Gasteiger partial charge is 0.353 e. The van der Waals surface area contributed by atoms with Crippen molar-refractivity contribution in [1.82, 2.24) is 14.9 Å². The Labute approximate surface area is 140 Å². The van der Waals surface area contributed by atoms with E-state index in [9.17, 15) is 0 Å². The highest BCUT2D eigenvalue weighted by Gasteiger charge is 2.24. The number of piperazine rings is 1. The number of anilines is 2. The van der Waals surface area contributed by atoms with Crippen LogP contribution in [-0.4, -0.2) is 60.2 Å². The molecule has 2 fully saturated rings. The molecule has 5 heteroatoms. The van der Waals surface area contributed by atoms with Crippen LogP contribution in [0.15, 0.2) is 6.07 Å². The van der Waals surface area contributed by atoms with Crippen molar-refractivity contribution in [3.05, 3.63) is 11.8 Å². The third kappa shape index (κ3) is 3.77. The van der Waals surface area contributed by atoms with E-state index < -0.39 is 0 Å². The second-order valence-electron chi connectivity index (χ2n) is 6.84. The maximum absolute atomic E-state index is 4.95. The molecule has 23 heavy (non-hydrogen) atoms. The van der Waals surface area contributed by atoms with Gasteiger partial charge in [0.05, 0.1) is 0 Å². The Balaban J connectivity index is 1.79. The zero-order chi connectivity index (χ0) is 16.2. The monoisotopic (exact) mass is 317 g/mol. The minimum absolute atomic E-state index is 0.642. The summed E-state index contributed by atoms with van der Waals surface area (Å²) in [6.45, 7) is 13.2. The third-order valence-corrected chi connectivity index (χ3v) is 5.32. The molecule has 2 aliphatic heterocycles. The van der Waals surface area contributed by atoms with Gasteiger partial charge in [0.15, 0.2) is 0 Å². The summed E-state index contributed by atoms with van der Waals surface area (Å²) in [7, 11) is 0. The van der Waals surface area contributed by atoms with Gasteiger partial charge in [-0.3, -0.25) is 0 Å². The van der Waals surface area contributed by atoms with E-state index >= 15 is 0 Å². The molecule has 128 valence electrons. The molecule has 0 aromatic carbocycles. The molecular weight excluding hydrogens is 286 g/mol. The van der Waals surface area contributed by atoms with Gasteiger partial charge in [-0.2, -0.15) is 4.98 Å². The number of hydrogen-bond donors (Lipinski definition) is 0. The molecule has 1 aromatic rings. The Morgan fingerprint density at radius 2 is 1.83 bits per heavy atom. The Morgan fingerprint density at radius 3 is 2.52 bits per heavy atom. The molecule has 1 atom stereocenters. The van der Waals surface area contributed by atoms with Gasteiger partial charge in [0.2, 0.25) is 5.95 Å². The predicted molar refractivity (Wildman–Crippen MR) is 96.4 cm³/mol. The molecule has 0 radical (unpaired) electrons. The lowest BCUT2D eigenvalue weighted by Crippen LogP contribution is -2.47. The van der Waals surface area contributed by atoms with Crippen LogP contribution >= 0.6 is 0 Å². The molecule has 0 aliphatic carbocycles. The van der Waals surface area contributed by atoms with Crippen molar-refractivity contribution < 1.29 is 0 Å². The molecule has 2 aliphatic rings. The van der Waals surface area contributed by atoms with Crippen LogP contribution in [0.3, 0.4) is 0 Å². The molecule has 0 saturated carbocycles. The van der Waals surface area contributed by atoms with Crippen molar-refractivity contribution in [2.75, 3.05) is 49.1 Å². The number of hydrogen-bond acceptors (Lipinski definition) is 5. The van der Waals surface area contributed by atoms with Crippen molar-refractivity contribution in [1.29, 1.82) is 0 Å². The molecule has 3 rings (SSSR count). The molecule has 0 bridgehead atoms. The highest BCUT2D eigenvalue weighted by atomic mass is 15.3. The Kier molecular flexibility index (Phi) is 5.36. The molecule has 5 nitrogen and oxygen atoms in total. The summed E-state index contributed by atoms with van der Waals surface area (Å²) in [6, 6.07) is 2.81. The van der Waals surface area contributed by atoms with E-state index in [0.29, 0.717) is 6.04 Å². The summed E-state index contributed by atoms with van der Waals surface area (Å²) < 4.78 is 0. The van der Waals surface area contributed by atoms with Crippen LogP contribution in [-0.2, 0) is 0 Å². The number of likely N-dealkylation sites (N-methyl/N-ethyl adjacent to an activating group) is 1. The van der Waals surface area contributed by atoms with Gasteiger partial charge in [0.25, 0.3) is 0 Å². The molecule has 3 heterocycles. The second-order valence-corrected chi connectivity index (χ2v) is 6.84. The zero-order valence-corrected chi connectivity index (χ0v) is 15.0. The fourth-order valence-corrected chi connectivity index (χ4v) is 3.82. The number of aromatic nitrogens is 2. The van der Waals surface area contributed by atoms with E-state index in [2.05, 4.69) is 41.5 Å². The van der Waals surface area contributed by atoms with Gasteiger partial charge in [0.1, 0.15) is 5.82 Å². The third-order valence-electron chi connectivity index (χ3n) is 5.32. The van der Waals surface area contributed by atoms with Crippen LogP contribution in [0.25, 0.3) is 0 Å². The van der Waals surface area contributed by atoms with Crippen LogP contribution in [0.2, 0.25) is 0 Å². The van der Waals surface area contributed by atoms with E-state index in [1.54, 1.807) is 0 Å². The Morgan fingerprint density at radius 1 is 1.04 bits per heavy atom. The fourth-order valence-electron chi connectivity index (χ4n) is 3.82. The lowest BCUT2D eigenvalue weighted by Gasteiger charge is -2.38.